The van der Waals surface area contributed by atoms with Gasteiger partial charge >= 0.3 is 5.97 Å². The van der Waals surface area contributed by atoms with E-state index in [4.69, 9.17) is 8.92 Å². The molecule has 0 saturated heterocycles. The monoisotopic (exact) mass is 404 g/mol. The van der Waals surface area contributed by atoms with Gasteiger partial charge in [0.25, 0.3) is 10.1 Å². The van der Waals surface area contributed by atoms with E-state index in [0.29, 0.717) is 34.4 Å². The predicted molar refractivity (Wildman–Crippen MR) is 105 cm³/mol. The topological polar surface area (TPSA) is 98.4 Å². The first-order valence-corrected chi connectivity index (χ1v) is 10.8. The second-order valence-corrected chi connectivity index (χ2v) is 7.99. The quantitative estimate of drug-likeness (QED) is 0.495. The van der Waals surface area contributed by atoms with Crippen molar-refractivity contribution in [3.05, 3.63) is 46.8 Å². The molecular formula is C20H24N2O5S. The van der Waals surface area contributed by atoms with Crippen molar-refractivity contribution in [1.82, 2.24) is 4.57 Å². The van der Waals surface area contributed by atoms with Gasteiger partial charge in [0.15, 0.2) is 0 Å². The Bertz CT molecular complexity index is 999. The molecule has 0 atom stereocenters. The summed E-state index contributed by atoms with van der Waals surface area (Å²) in [6.45, 7) is 3.89. The summed E-state index contributed by atoms with van der Waals surface area (Å²) in [7, 11) is -1.78. The van der Waals surface area contributed by atoms with E-state index in [1.807, 2.05) is 6.92 Å². The van der Waals surface area contributed by atoms with Crippen molar-refractivity contribution in [2.75, 3.05) is 12.9 Å². The van der Waals surface area contributed by atoms with Crippen molar-refractivity contribution in [1.29, 1.82) is 5.26 Å². The minimum Gasteiger partial charge on any atom is -0.461 e. The molecule has 0 aliphatic carbocycles. The van der Waals surface area contributed by atoms with E-state index in [9.17, 15) is 18.5 Å². The molecule has 1 heterocycles. The Hall–Kier alpha value is -2.63. The summed E-state index contributed by atoms with van der Waals surface area (Å²) >= 11 is 0. The highest BCUT2D eigenvalue weighted by molar-refractivity contribution is 7.85. The van der Waals surface area contributed by atoms with Crippen LogP contribution in [0.3, 0.4) is 0 Å². The lowest BCUT2D eigenvalue weighted by atomic mass is 9.98. The fourth-order valence-electron chi connectivity index (χ4n) is 3.05. The molecular weight excluding hydrogens is 380 g/mol. The standard InChI is InChI=1S/C20H24N2O5S/c1-5-7-17-16(12-21)18(19(22(17)3)20(23)26-6-2)15-10-8-14(9-11-15)13-27-28(4,24)25/h8-11H,5-7,13H2,1-4H3. The van der Waals surface area contributed by atoms with Crippen LogP contribution in [0.25, 0.3) is 11.1 Å². The number of aromatic nitrogens is 1. The first-order valence-electron chi connectivity index (χ1n) is 8.95. The summed E-state index contributed by atoms with van der Waals surface area (Å²) in [4.78, 5) is 12.6. The summed E-state index contributed by atoms with van der Waals surface area (Å²) in [6, 6.07) is 9.15. The third-order valence-corrected chi connectivity index (χ3v) is 4.81. The van der Waals surface area contributed by atoms with Gasteiger partial charge in [-0.05, 0) is 24.5 Å². The normalized spacial score (nSPS) is 11.2. The molecule has 150 valence electrons. The summed E-state index contributed by atoms with van der Waals surface area (Å²) in [5.41, 5.74) is 3.44. The molecule has 7 nitrogen and oxygen atoms in total. The Balaban J connectivity index is 2.55. The highest BCUT2D eigenvalue weighted by Crippen LogP contribution is 2.33. The van der Waals surface area contributed by atoms with Crippen LogP contribution in [-0.2, 0) is 39.1 Å². The van der Waals surface area contributed by atoms with Crippen LogP contribution in [-0.4, -0.2) is 31.8 Å². The van der Waals surface area contributed by atoms with Gasteiger partial charge in [-0.1, -0.05) is 37.6 Å². The summed E-state index contributed by atoms with van der Waals surface area (Å²) in [5, 5.41) is 9.76. The fourth-order valence-corrected chi connectivity index (χ4v) is 3.40. The highest BCUT2D eigenvalue weighted by Gasteiger charge is 2.27. The fraction of sp³-hybridized carbons (Fsp3) is 0.400. The van der Waals surface area contributed by atoms with Crippen molar-refractivity contribution in [2.24, 2.45) is 7.05 Å². The number of nitrogens with zero attached hydrogens (tertiary/aromatic N) is 2. The number of carbonyl (C=O) groups excluding carboxylic acids is 1. The van der Waals surface area contributed by atoms with E-state index in [1.54, 1.807) is 42.8 Å². The number of esters is 1. The SMILES string of the molecule is CCCc1c(C#N)c(-c2ccc(COS(C)(=O)=O)cc2)c(C(=O)OCC)n1C. The van der Waals surface area contributed by atoms with Crippen molar-refractivity contribution < 1.29 is 22.1 Å². The van der Waals surface area contributed by atoms with Crippen LogP contribution in [0.15, 0.2) is 24.3 Å². The van der Waals surface area contributed by atoms with Gasteiger partial charge in [0.05, 0.1) is 25.0 Å². The number of rotatable bonds is 8. The Morgan fingerprint density at radius 3 is 2.36 bits per heavy atom. The number of ether oxygens (including phenoxy) is 1. The molecule has 0 bridgehead atoms. The Kier molecular flexibility index (Phi) is 7.00. The molecule has 0 N–H and O–H groups in total. The highest BCUT2D eigenvalue weighted by atomic mass is 32.2. The molecule has 0 unspecified atom stereocenters. The molecule has 0 radical (unpaired) electrons. The van der Waals surface area contributed by atoms with Crippen molar-refractivity contribution >= 4 is 16.1 Å². The Morgan fingerprint density at radius 1 is 1.21 bits per heavy atom. The maximum atomic E-state index is 12.6. The molecule has 8 heteroatoms. The first-order chi connectivity index (χ1) is 13.2. The van der Waals surface area contributed by atoms with E-state index in [0.717, 1.165) is 18.4 Å². The van der Waals surface area contributed by atoms with Gasteiger partial charge in [0, 0.05) is 18.3 Å². The zero-order chi connectivity index (χ0) is 20.9. The van der Waals surface area contributed by atoms with Crippen LogP contribution in [0.2, 0.25) is 0 Å². The number of benzene rings is 1. The zero-order valence-electron chi connectivity index (χ0n) is 16.5. The van der Waals surface area contributed by atoms with Crippen LogP contribution in [0.1, 0.15) is 47.6 Å². The Labute approximate surface area is 165 Å². The molecule has 0 fully saturated rings. The van der Waals surface area contributed by atoms with Crippen LogP contribution in [0.4, 0.5) is 0 Å². The third-order valence-electron chi connectivity index (χ3n) is 4.27. The zero-order valence-corrected chi connectivity index (χ0v) is 17.3. The van der Waals surface area contributed by atoms with Crippen LogP contribution in [0.5, 0.6) is 0 Å². The Morgan fingerprint density at radius 2 is 1.86 bits per heavy atom. The average Bonchev–Trinajstić information content (AvgIpc) is 2.92. The molecule has 0 saturated carbocycles. The van der Waals surface area contributed by atoms with Gasteiger partial charge in [-0.2, -0.15) is 13.7 Å². The van der Waals surface area contributed by atoms with Gasteiger partial charge in [-0.15, -0.1) is 0 Å². The molecule has 2 aromatic rings. The minimum absolute atomic E-state index is 0.0785. The summed E-state index contributed by atoms with van der Waals surface area (Å²) in [6.07, 6.45) is 2.48. The number of hydrogen-bond donors (Lipinski definition) is 0. The van der Waals surface area contributed by atoms with Crippen LogP contribution >= 0.6 is 0 Å². The molecule has 2 rings (SSSR count). The van der Waals surface area contributed by atoms with E-state index in [2.05, 4.69) is 6.07 Å². The maximum Gasteiger partial charge on any atom is 0.355 e. The maximum absolute atomic E-state index is 12.6. The third kappa shape index (κ3) is 4.80. The van der Waals surface area contributed by atoms with E-state index in [1.165, 1.54) is 0 Å². The number of carbonyl (C=O) groups is 1. The largest absolute Gasteiger partial charge is 0.461 e. The van der Waals surface area contributed by atoms with Gasteiger partial charge in [0.2, 0.25) is 0 Å². The lowest BCUT2D eigenvalue weighted by Crippen LogP contribution is -2.12. The van der Waals surface area contributed by atoms with E-state index in [-0.39, 0.29) is 13.2 Å². The first kappa shape index (κ1) is 21.7. The van der Waals surface area contributed by atoms with Crippen molar-refractivity contribution in [2.45, 2.75) is 33.3 Å². The van der Waals surface area contributed by atoms with E-state index < -0.39 is 16.1 Å². The van der Waals surface area contributed by atoms with Crippen LogP contribution < -0.4 is 0 Å². The predicted octanol–water partition coefficient (Wildman–Crippen LogP) is 3.17. The minimum atomic E-state index is -3.54. The average molecular weight is 404 g/mol. The molecule has 0 aliphatic heterocycles. The van der Waals surface area contributed by atoms with Crippen molar-refractivity contribution in [3.8, 4) is 17.2 Å². The van der Waals surface area contributed by atoms with Crippen molar-refractivity contribution in [3.63, 3.8) is 0 Å². The molecule has 1 aromatic heterocycles. The van der Waals surface area contributed by atoms with Gasteiger partial charge in [-0.3, -0.25) is 4.18 Å². The molecule has 0 amide bonds. The molecule has 28 heavy (non-hydrogen) atoms. The molecule has 1 aromatic carbocycles. The number of nitriles is 1. The smallest absolute Gasteiger partial charge is 0.355 e. The molecule has 0 aliphatic rings. The second kappa shape index (κ2) is 9.04. The summed E-state index contributed by atoms with van der Waals surface area (Å²) < 4.78 is 34.0. The summed E-state index contributed by atoms with van der Waals surface area (Å²) in [5.74, 6) is -0.483. The van der Waals surface area contributed by atoms with Gasteiger partial charge < -0.3 is 9.30 Å². The second-order valence-electron chi connectivity index (χ2n) is 6.35. The van der Waals surface area contributed by atoms with Gasteiger partial charge in [-0.25, -0.2) is 4.79 Å². The number of hydrogen-bond acceptors (Lipinski definition) is 6. The van der Waals surface area contributed by atoms with Gasteiger partial charge in [0.1, 0.15) is 11.8 Å². The van der Waals surface area contributed by atoms with E-state index >= 15 is 0 Å². The lowest BCUT2D eigenvalue weighted by molar-refractivity contribution is 0.0516. The molecule has 0 spiro atoms. The van der Waals surface area contributed by atoms with Crippen LogP contribution in [0, 0.1) is 11.3 Å². The lowest BCUT2D eigenvalue weighted by Gasteiger charge is -2.09.